The predicted octanol–water partition coefficient (Wildman–Crippen LogP) is 1.52. The molecule has 1 aliphatic rings. The van der Waals surface area contributed by atoms with Gasteiger partial charge in [-0.05, 0) is 6.82 Å². The summed E-state index contributed by atoms with van der Waals surface area (Å²) in [7, 11) is 0.00854. The molecule has 0 spiro atoms. The molecule has 3 heteroatoms. The van der Waals surface area contributed by atoms with Crippen LogP contribution in [0, 0.1) is 5.41 Å². The fourth-order valence-electron chi connectivity index (χ4n) is 0.767. The van der Waals surface area contributed by atoms with Gasteiger partial charge in [0.15, 0.2) is 0 Å². The highest BCUT2D eigenvalue weighted by molar-refractivity contribution is 6.44. The SMILES string of the molecule is CB1OC(C(C)(C)C)O1. The highest BCUT2D eigenvalue weighted by Crippen LogP contribution is 2.30. The molecular weight excluding hydrogens is 115 g/mol. The van der Waals surface area contributed by atoms with Gasteiger partial charge in [0.2, 0.25) is 0 Å². The minimum atomic E-state index is 0.00694. The number of hydrogen-bond donors (Lipinski definition) is 0. The average molecular weight is 128 g/mol. The highest BCUT2D eigenvalue weighted by atomic mass is 16.8. The summed E-state index contributed by atoms with van der Waals surface area (Å²) >= 11 is 0. The van der Waals surface area contributed by atoms with Gasteiger partial charge in [0.25, 0.3) is 0 Å². The summed E-state index contributed by atoms with van der Waals surface area (Å²) < 4.78 is 10.6. The van der Waals surface area contributed by atoms with Crippen molar-refractivity contribution < 1.29 is 9.31 Å². The molecule has 52 valence electrons. The van der Waals surface area contributed by atoms with Gasteiger partial charge < -0.3 is 9.31 Å². The molecule has 2 nitrogen and oxygen atoms in total. The van der Waals surface area contributed by atoms with Crippen LogP contribution in [0.15, 0.2) is 0 Å². The van der Waals surface area contributed by atoms with Crippen LogP contribution in [0.1, 0.15) is 20.8 Å². The van der Waals surface area contributed by atoms with E-state index >= 15 is 0 Å². The zero-order valence-electron chi connectivity index (χ0n) is 6.47. The molecule has 0 radical (unpaired) electrons. The van der Waals surface area contributed by atoms with Gasteiger partial charge in [-0.25, -0.2) is 0 Å². The largest absolute Gasteiger partial charge is 0.457 e. The van der Waals surface area contributed by atoms with Gasteiger partial charge in [0, 0.05) is 5.41 Å². The van der Waals surface area contributed by atoms with Gasteiger partial charge >= 0.3 is 7.12 Å². The molecule has 0 amide bonds. The summed E-state index contributed by atoms with van der Waals surface area (Å²) in [4.78, 5) is 0. The quantitative estimate of drug-likeness (QED) is 0.460. The Hall–Kier alpha value is -0.0151. The second-order valence-corrected chi connectivity index (χ2v) is 3.54. The minimum Gasteiger partial charge on any atom is -0.386 e. The van der Waals surface area contributed by atoms with Crippen molar-refractivity contribution in [3.05, 3.63) is 0 Å². The molecular formula is C6H13BO2. The minimum absolute atomic E-state index is 0.00694. The van der Waals surface area contributed by atoms with Crippen molar-refractivity contribution in [1.29, 1.82) is 0 Å². The molecule has 0 aromatic heterocycles. The maximum Gasteiger partial charge on any atom is 0.457 e. The first-order valence-electron chi connectivity index (χ1n) is 3.31. The van der Waals surface area contributed by atoms with Crippen LogP contribution in [-0.4, -0.2) is 13.4 Å². The Kier molecular flexibility index (Phi) is 1.57. The molecule has 0 N–H and O–H groups in total. The molecule has 1 fully saturated rings. The Morgan fingerprint density at radius 1 is 1.22 bits per heavy atom. The lowest BCUT2D eigenvalue weighted by atomic mass is 9.84. The van der Waals surface area contributed by atoms with Crippen molar-refractivity contribution in [3.63, 3.8) is 0 Å². The predicted molar refractivity (Wildman–Crippen MR) is 37.0 cm³/mol. The van der Waals surface area contributed by atoms with E-state index in [1.54, 1.807) is 0 Å². The zero-order chi connectivity index (χ0) is 7.07. The first-order valence-corrected chi connectivity index (χ1v) is 3.31. The fourth-order valence-corrected chi connectivity index (χ4v) is 0.767. The highest BCUT2D eigenvalue weighted by Gasteiger charge is 2.39. The molecule has 1 aliphatic heterocycles. The lowest BCUT2D eigenvalue weighted by Gasteiger charge is -2.40. The standard InChI is InChI=1S/C6H13BO2/c1-6(2,3)5-8-7(4)9-5/h5H,1-4H3. The van der Waals surface area contributed by atoms with E-state index in [4.69, 9.17) is 9.31 Å². The van der Waals surface area contributed by atoms with Crippen LogP contribution in [0.4, 0.5) is 0 Å². The monoisotopic (exact) mass is 128 g/mol. The van der Waals surface area contributed by atoms with E-state index in [1.807, 2.05) is 6.82 Å². The summed E-state index contributed by atoms with van der Waals surface area (Å²) in [6.45, 7) is 8.21. The first kappa shape index (κ1) is 7.10. The van der Waals surface area contributed by atoms with Crippen molar-refractivity contribution in [2.75, 3.05) is 0 Å². The van der Waals surface area contributed by atoms with E-state index in [0.29, 0.717) is 0 Å². The van der Waals surface area contributed by atoms with Gasteiger partial charge in [0.05, 0.1) is 0 Å². The van der Waals surface area contributed by atoms with Crippen molar-refractivity contribution in [2.24, 2.45) is 5.41 Å². The van der Waals surface area contributed by atoms with Crippen LogP contribution in [0.25, 0.3) is 0 Å². The average Bonchev–Trinajstić information content (AvgIpc) is 1.55. The third kappa shape index (κ3) is 1.46. The van der Waals surface area contributed by atoms with Gasteiger partial charge in [0.1, 0.15) is 6.29 Å². The van der Waals surface area contributed by atoms with E-state index < -0.39 is 0 Å². The summed E-state index contributed by atoms with van der Waals surface area (Å²) in [5.74, 6) is 0. The Morgan fingerprint density at radius 3 is 1.78 bits per heavy atom. The fraction of sp³-hybridized carbons (Fsp3) is 1.00. The molecule has 0 aliphatic carbocycles. The van der Waals surface area contributed by atoms with E-state index in [-0.39, 0.29) is 18.8 Å². The normalized spacial score (nSPS) is 22.0. The summed E-state index contributed by atoms with van der Waals surface area (Å²) in [5.41, 5.74) is 0.131. The van der Waals surface area contributed by atoms with E-state index in [1.165, 1.54) is 0 Å². The second kappa shape index (κ2) is 1.99. The van der Waals surface area contributed by atoms with Crippen LogP contribution >= 0.6 is 0 Å². The van der Waals surface area contributed by atoms with Gasteiger partial charge in [-0.1, -0.05) is 20.8 Å². The topological polar surface area (TPSA) is 18.5 Å². The molecule has 1 saturated heterocycles. The molecule has 0 atom stereocenters. The molecule has 1 heterocycles. The van der Waals surface area contributed by atoms with Crippen molar-refractivity contribution in [2.45, 2.75) is 33.9 Å². The zero-order valence-corrected chi connectivity index (χ0v) is 6.47. The summed E-state index contributed by atoms with van der Waals surface area (Å²) in [5, 5.41) is 0. The lowest BCUT2D eigenvalue weighted by molar-refractivity contribution is -0.170. The Balaban J connectivity index is 2.32. The Bertz CT molecular complexity index is 102. The molecule has 0 unspecified atom stereocenters. The van der Waals surface area contributed by atoms with E-state index in [2.05, 4.69) is 20.8 Å². The third-order valence-corrected chi connectivity index (χ3v) is 1.34. The van der Waals surface area contributed by atoms with Crippen molar-refractivity contribution >= 4 is 7.12 Å². The second-order valence-electron chi connectivity index (χ2n) is 3.54. The van der Waals surface area contributed by atoms with Crippen molar-refractivity contribution in [3.8, 4) is 0 Å². The van der Waals surface area contributed by atoms with Gasteiger partial charge in [-0.3, -0.25) is 0 Å². The smallest absolute Gasteiger partial charge is 0.386 e. The molecule has 9 heavy (non-hydrogen) atoms. The number of rotatable bonds is 0. The molecule has 0 aromatic carbocycles. The van der Waals surface area contributed by atoms with E-state index in [9.17, 15) is 0 Å². The Morgan fingerprint density at radius 2 is 1.67 bits per heavy atom. The maximum atomic E-state index is 5.28. The number of hydrogen-bond acceptors (Lipinski definition) is 2. The van der Waals surface area contributed by atoms with Crippen LogP contribution in [-0.2, 0) is 9.31 Å². The summed E-state index contributed by atoms with van der Waals surface area (Å²) in [6.07, 6.45) is 0.00694. The summed E-state index contributed by atoms with van der Waals surface area (Å²) in [6, 6.07) is 0. The van der Waals surface area contributed by atoms with Crippen LogP contribution in [0.3, 0.4) is 0 Å². The van der Waals surface area contributed by atoms with Crippen LogP contribution in [0.2, 0.25) is 6.82 Å². The van der Waals surface area contributed by atoms with Gasteiger partial charge in [-0.2, -0.15) is 0 Å². The van der Waals surface area contributed by atoms with Crippen molar-refractivity contribution in [1.82, 2.24) is 0 Å². The van der Waals surface area contributed by atoms with Crippen LogP contribution < -0.4 is 0 Å². The first-order chi connectivity index (χ1) is 4.00. The molecule has 1 rings (SSSR count). The molecule has 0 bridgehead atoms. The molecule has 0 aromatic rings. The third-order valence-electron chi connectivity index (χ3n) is 1.34. The maximum absolute atomic E-state index is 5.28. The Labute approximate surface area is 56.7 Å². The lowest BCUT2D eigenvalue weighted by Crippen LogP contribution is -2.50. The van der Waals surface area contributed by atoms with Gasteiger partial charge in [-0.15, -0.1) is 0 Å². The molecule has 0 saturated carbocycles. The van der Waals surface area contributed by atoms with Crippen LogP contribution in [0.5, 0.6) is 0 Å². The van der Waals surface area contributed by atoms with E-state index in [0.717, 1.165) is 0 Å².